The van der Waals surface area contributed by atoms with E-state index in [9.17, 15) is 4.79 Å². The Bertz CT molecular complexity index is 684. The standard InChI is InChI=1S/C16H19N3OS/c1-10-15-12(3-5-21-15)7-14(17-10)16(20)18-13-6-11-2-4-19(8-11)9-13/h3,5,7,11,13H,2,4,6,8-9H2,1H3,(H,18,20)/t11-,13-/m1/s1. The van der Waals surface area contributed by atoms with Crippen LogP contribution < -0.4 is 5.32 Å². The zero-order valence-electron chi connectivity index (χ0n) is 12.1. The molecule has 2 bridgehead atoms. The Labute approximate surface area is 128 Å². The number of hydrogen-bond donors (Lipinski definition) is 1. The fraction of sp³-hybridized carbons (Fsp3) is 0.500. The molecule has 0 spiro atoms. The predicted molar refractivity (Wildman–Crippen MR) is 84.8 cm³/mol. The average molecular weight is 301 g/mol. The van der Waals surface area contributed by atoms with Crippen LogP contribution in [0.2, 0.25) is 0 Å². The lowest BCUT2D eigenvalue weighted by atomic mass is 9.97. The summed E-state index contributed by atoms with van der Waals surface area (Å²) in [7, 11) is 0. The number of aryl methyl sites for hydroxylation is 1. The van der Waals surface area contributed by atoms with E-state index < -0.39 is 0 Å². The second-order valence-corrected chi connectivity index (χ2v) is 7.17. The number of amides is 1. The lowest BCUT2D eigenvalue weighted by Gasteiger charge is -2.30. The Balaban J connectivity index is 1.53. The molecule has 2 fully saturated rings. The Morgan fingerprint density at radius 1 is 1.48 bits per heavy atom. The number of carbonyl (C=O) groups is 1. The van der Waals surface area contributed by atoms with Crippen LogP contribution in [0.5, 0.6) is 0 Å². The van der Waals surface area contributed by atoms with Crippen LogP contribution in [0.4, 0.5) is 0 Å². The van der Waals surface area contributed by atoms with Crippen LogP contribution in [0.1, 0.15) is 29.0 Å². The van der Waals surface area contributed by atoms with Crippen molar-refractivity contribution < 1.29 is 4.79 Å². The summed E-state index contributed by atoms with van der Waals surface area (Å²) in [5.41, 5.74) is 1.49. The molecule has 0 aliphatic carbocycles. The zero-order valence-corrected chi connectivity index (χ0v) is 12.9. The number of thiophene rings is 1. The SMILES string of the molecule is Cc1nc(C(=O)N[C@@H]2C[C@H]3CCN(C3)C2)cc2ccsc12. The maximum absolute atomic E-state index is 12.5. The third-order valence-corrected chi connectivity index (χ3v) is 5.68. The summed E-state index contributed by atoms with van der Waals surface area (Å²) >= 11 is 1.68. The summed E-state index contributed by atoms with van der Waals surface area (Å²) in [5.74, 6) is 0.733. The summed E-state index contributed by atoms with van der Waals surface area (Å²) in [4.78, 5) is 19.4. The number of aromatic nitrogens is 1. The Hall–Kier alpha value is -1.46. The second kappa shape index (κ2) is 5.07. The van der Waals surface area contributed by atoms with E-state index in [1.165, 1.54) is 24.2 Å². The maximum Gasteiger partial charge on any atom is 0.270 e. The summed E-state index contributed by atoms with van der Waals surface area (Å²) < 4.78 is 1.17. The first-order valence-electron chi connectivity index (χ1n) is 7.57. The molecule has 5 heteroatoms. The van der Waals surface area contributed by atoms with Crippen LogP contribution in [0.3, 0.4) is 0 Å². The molecular formula is C16H19N3OS. The largest absolute Gasteiger partial charge is 0.347 e. The first kappa shape index (κ1) is 13.2. The van der Waals surface area contributed by atoms with Gasteiger partial charge in [-0.25, -0.2) is 4.98 Å². The summed E-state index contributed by atoms with van der Waals surface area (Å²) in [6.07, 6.45) is 2.40. The smallest absolute Gasteiger partial charge is 0.270 e. The van der Waals surface area contributed by atoms with Gasteiger partial charge in [0.1, 0.15) is 5.69 Å². The number of rotatable bonds is 2. The lowest BCUT2D eigenvalue weighted by Crippen LogP contribution is -2.47. The number of hydrogen-bond acceptors (Lipinski definition) is 4. The van der Waals surface area contributed by atoms with Crippen LogP contribution in [-0.4, -0.2) is 41.5 Å². The normalized spacial score (nSPS) is 28.0. The third kappa shape index (κ3) is 2.45. The maximum atomic E-state index is 12.5. The quantitative estimate of drug-likeness (QED) is 0.926. The van der Waals surface area contributed by atoms with Gasteiger partial charge in [0.25, 0.3) is 5.91 Å². The van der Waals surface area contributed by atoms with Gasteiger partial charge in [-0.3, -0.25) is 4.79 Å². The van der Waals surface area contributed by atoms with E-state index in [-0.39, 0.29) is 11.9 Å². The molecule has 1 N–H and O–H groups in total. The molecule has 0 radical (unpaired) electrons. The van der Waals surface area contributed by atoms with Crippen molar-refractivity contribution >= 4 is 27.3 Å². The van der Waals surface area contributed by atoms with Crippen LogP contribution in [-0.2, 0) is 0 Å². The van der Waals surface area contributed by atoms with Gasteiger partial charge >= 0.3 is 0 Å². The molecule has 2 aliphatic heterocycles. The van der Waals surface area contributed by atoms with Crippen molar-refractivity contribution in [2.75, 3.05) is 19.6 Å². The van der Waals surface area contributed by atoms with Crippen molar-refractivity contribution in [1.82, 2.24) is 15.2 Å². The summed E-state index contributed by atoms with van der Waals surface area (Å²) in [5, 5.41) is 6.34. The van der Waals surface area contributed by atoms with E-state index in [0.29, 0.717) is 5.69 Å². The van der Waals surface area contributed by atoms with Crippen molar-refractivity contribution in [3.63, 3.8) is 0 Å². The molecule has 4 nitrogen and oxygen atoms in total. The molecule has 0 saturated carbocycles. The highest BCUT2D eigenvalue weighted by atomic mass is 32.1. The van der Waals surface area contributed by atoms with Crippen molar-refractivity contribution in [1.29, 1.82) is 0 Å². The molecule has 4 rings (SSSR count). The van der Waals surface area contributed by atoms with Gasteiger partial charge in [-0.2, -0.15) is 0 Å². The summed E-state index contributed by atoms with van der Waals surface area (Å²) in [6, 6.07) is 4.24. The number of carbonyl (C=O) groups excluding carboxylic acids is 1. The first-order chi connectivity index (χ1) is 10.2. The number of fused-ring (bicyclic) bond motifs is 3. The lowest BCUT2D eigenvalue weighted by molar-refractivity contribution is 0.0904. The van der Waals surface area contributed by atoms with E-state index in [0.717, 1.165) is 30.0 Å². The molecule has 110 valence electrons. The number of pyridine rings is 1. The molecule has 2 aromatic heterocycles. The van der Waals surface area contributed by atoms with Crippen molar-refractivity contribution in [2.45, 2.75) is 25.8 Å². The number of piperidine rings is 1. The van der Waals surface area contributed by atoms with Gasteiger partial charge in [-0.1, -0.05) is 0 Å². The minimum Gasteiger partial charge on any atom is -0.347 e. The highest BCUT2D eigenvalue weighted by Crippen LogP contribution is 2.27. The Morgan fingerprint density at radius 3 is 3.24 bits per heavy atom. The Kier molecular flexibility index (Phi) is 3.19. The second-order valence-electron chi connectivity index (χ2n) is 6.25. The van der Waals surface area contributed by atoms with Crippen molar-refractivity contribution in [2.24, 2.45) is 5.92 Å². The van der Waals surface area contributed by atoms with Gasteiger partial charge in [0.15, 0.2) is 0 Å². The highest BCUT2D eigenvalue weighted by molar-refractivity contribution is 7.17. The molecular weight excluding hydrogens is 282 g/mol. The topological polar surface area (TPSA) is 45.2 Å². The van der Waals surface area contributed by atoms with Crippen LogP contribution in [0.15, 0.2) is 17.5 Å². The van der Waals surface area contributed by atoms with E-state index in [2.05, 4.69) is 21.3 Å². The van der Waals surface area contributed by atoms with E-state index in [1.807, 2.05) is 18.4 Å². The fourth-order valence-electron chi connectivity index (χ4n) is 3.68. The monoisotopic (exact) mass is 301 g/mol. The van der Waals surface area contributed by atoms with Crippen LogP contribution in [0, 0.1) is 12.8 Å². The fourth-order valence-corrected chi connectivity index (χ4v) is 4.51. The zero-order chi connectivity index (χ0) is 14.4. The van der Waals surface area contributed by atoms with Gasteiger partial charge in [0, 0.05) is 19.1 Å². The van der Waals surface area contributed by atoms with Gasteiger partial charge in [0.2, 0.25) is 0 Å². The number of nitrogens with one attached hydrogen (secondary N) is 1. The predicted octanol–water partition coefficient (Wildman–Crippen LogP) is 2.43. The molecule has 3 atom stereocenters. The average Bonchev–Trinajstić information content (AvgIpc) is 3.05. The highest BCUT2D eigenvalue weighted by Gasteiger charge is 2.33. The number of nitrogens with zero attached hydrogens (tertiary/aromatic N) is 2. The van der Waals surface area contributed by atoms with Crippen molar-refractivity contribution in [3.8, 4) is 0 Å². The molecule has 21 heavy (non-hydrogen) atoms. The minimum absolute atomic E-state index is 0.0290. The molecule has 2 saturated heterocycles. The van der Waals surface area contributed by atoms with Gasteiger partial charge < -0.3 is 10.2 Å². The molecule has 2 aliphatic rings. The van der Waals surface area contributed by atoms with Crippen LogP contribution in [0.25, 0.3) is 10.1 Å². The molecule has 0 aromatic carbocycles. The minimum atomic E-state index is -0.0290. The van der Waals surface area contributed by atoms with E-state index >= 15 is 0 Å². The Morgan fingerprint density at radius 2 is 2.38 bits per heavy atom. The van der Waals surface area contributed by atoms with Gasteiger partial charge in [-0.15, -0.1) is 11.3 Å². The van der Waals surface area contributed by atoms with Gasteiger partial charge in [-0.05, 0) is 55.1 Å². The summed E-state index contributed by atoms with van der Waals surface area (Å²) in [6.45, 7) is 5.37. The molecule has 1 amide bonds. The van der Waals surface area contributed by atoms with Crippen molar-refractivity contribution in [3.05, 3.63) is 28.9 Å². The third-order valence-electron chi connectivity index (χ3n) is 4.64. The molecule has 2 aromatic rings. The first-order valence-corrected chi connectivity index (χ1v) is 8.45. The van der Waals surface area contributed by atoms with E-state index in [4.69, 9.17) is 0 Å². The van der Waals surface area contributed by atoms with Gasteiger partial charge in [0.05, 0.1) is 10.4 Å². The molecule has 4 heterocycles. The van der Waals surface area contributed by atoms with Crippen LogP contribution >= 0.6 is 11.3 Å². The molecule has 1 unspecified atom stereocenters. The van der Waals surface area contributed by atoms with E-state index in [1.54, 1.807) is 11.3 Å².